The van der Waals surface area contributed by atoms with Crippen molar-refractivity contribution in [1.29, 1.82) is 0 Å². The Balaban J connectivity index is 4.43. The van der Waals surface area contributed by atoms with Crippen LogP contribution in [0.15, 0.2) is 0 Å². The van der Waals surface area contributed by atoms with Crippen LogP contribution in [0.1, 0.15) is 53.9 Å². The van der Waals surface area contributed by atoms with Crippen molar-refractivity contribution >= 4 is 0 Å². The maximum atomic E-state index is 5.65. The summed E-state index contributed by atoms with van der Waals surface area (Å²) in [5.41, 5.74) is 0. The lowest BCUT2D eigenvalue weighted by atomic mass is 9.88. The van der Waals surface area contributed by atoms with E-state index in [1.165, 1.54) is 19.3 Å². The molecule has 0 rings (SSSR count). The zero-order valence-electron chi connectivity index (χ0n) is 12.0. The predicted molar refractivity (Wildman–Crippen MR) is 71.8 cm³/mol. The molecule has 0 fully saturated rings. The van der Waals surface area contributed by atoms with E-state index in [1.54, 1.807) is 0 Å². The van der Waals surface area contributed by atoms with Crippen molar-refractivity contribution < 1.29 is 4.74 Å². The third kappa shape index (κ3) is 5.31. The second-order valence-corrected chi connectivity index (χ2v) is 5.03. The predicted octanol–water partition coefficient (Wildman–Crippen LogP) is 3.46. The first-order valence-corrected chi connectivity index (χ1v) is 6.86. The number of methoxy groups -OCH3 is 1. The van der Waals surface area contributed by atoms with E-state index in [0.29, 0.717) is 18.1 Å². The van der Waals surface area contributed by atoms with Crippen LogP contribution < -0.4 is 5.32 Å². The number of likely N-dealkylation sites (N-methyl/N-ethyl adjacent to an activating group) is 1. The van der Waals surface area contributed by atoms with Gasteiger partial charge in [-0.1, -0.05) is 47.5 Å². The fourth-order valence-electron chi connectivity index (χ4n) is 2.48. The molecule has 0 radical (unpaired) electrons. The second-order valence-electron chi connectivity index (χ2n) is 5.03. The Morgan fingerprint density at radius 2 is 1.62 bits per heavy atom. The van der Waals surface area contributed by atoms with E-state index in [0.717, 1.165) is 12.5 Å². The van der Waals surface area contributed by atoms with Gasteiger partial charge in [0.25, 0.3) is 0 Å². The molecule has 2 atom stereocenters. The maximum Gasteiger partial charge on any atom is 0.0747 e. The van der Waals surface area contributed by atoms with Crippen molar-refractivity contribution in [1.82, 2.24) is 5.32 Å². The Bertz CT molecular complexity index is 155. The van der Waals surface area contributed by atoms with Crippen molar-refractivity contribution in [3.05, 3.63) is 0 Å². The number of hydrogen-bond acceptors (Lipinski definition) is 2. The monoisotopic (exact) mass is 229 g/mol. The van der Waals surface area contributed by atoms with Gasteiger partial charge in [0.2, 0.25) is 0 Å². The molecule has 0 aliphatic carbocycles. The van der Waals surface area contributed by atoms with Gasteiger partial charge in [-0.15, -0.1) is 0 Å². The molecule has 16 heavy (non-hydrogen) atoms. The van der Waals surface area contributed by atoms with Gasteiger partial charge in [0.05, 0.1) is 6.10 Å². The molecule has 98 valence electrons. The van der Waals surface area contributed by atoms with E-state index < -0.39 is 0 Å². The molecule has 0 amide bonds. The molecule has 0 aliphatic heterocycles. The molecule has 0 saturated heterocycles. The lowest BCUT2D eigenvalue weighted by Gasteiger charge is -2.32. The van der Waals surface area contributed by atoms with Crippen molar-refractivity contribution in [3.63, 3.8) is 0 Å². The van der Waals surface area contributed by atoms with E-state index in [9.17, 15) is 0 Å². The molecular weight excluding hydrogens is 198 g/mol. The van der Waals surface area contributed by atoms with Gasteiger partial charge in [0.1, 0.15) is 0 Å². The van der Waals surface area contributed by atoms with Crippen LogP contribution >= 0.6 is 0 Å². The molecule has 2 heteroatoms. The summed E-state index contributed by atoms with van der Waals surface area (Å²) < 4.78 is 5.65. The average Bonchev–Trinajstić information content (AvgIpc) is 2.26. The van der Waals surface area contributed by atoms with Gasteiger partial charge in [0.15, 0.2) is 0 Å². The first kappa shape index (κ1) is 15.9. The Kier molecular flexibility index (Phi) is 8.96. The summed E-state index contributed by atoms with van der Waals surface area (Å²) in [6, 6.07) is 0.500. The summed E-state index contributed by atoms with van der Waals surface area (Å²) >= 11 is 0. The molecule has 0 aromatic carbocycles. The number of nitrogens with one attached hydrogen (secondary N) is 1. The lowest BCUT2D eigenvalue weighted by molar-refractivity contribution is 0.0259. The minimum atomic E-state index is 0.334. The molecule has 2 nitrogen and oxygen atoms in total. The van der Waals surface area contributed by atoms with Crippen LogP contribution in [0.3, 0.4) is 0 Å². The molecule has 0 aromatic heterocycles. The quantitative estimate of drug-likeness (QED) is 0.654. The minimum Gasteiger partial charge on any atom is -0.380 e. The van der Waals surface area contributed by atoms with Gasteiger partial charge < -0.3 is 10.1 Å². The zero-order chi connectivity index (χ0) is 12.6. The van der Waals surface area contributed by atoms with Gasteiger partial charge in [-0.2, -0.15) is 0 Å². The van der Waals surface area contributed by atoms with Crippen LogP contribution in [0.5, 0.6) is 0 Å². The van der Waals surface area contributed by atoms with Crippen LogP contribution in [0.25, 0.3) is 0 Å². The van der Waals surface area contributed by atoms with Gasteiger partial charge in [0, 0.05) is 13.2 Å². The fraction of sp³-hybridized carbons (Fsp3) is 1.00. The van der Waals surface area contributed by atoms with Gasteiger partial charge in [-0.05, 0) is 24.8 Å². The van der Waals surface area contributed by atoms with Crippen LogP contribution in [0.4, 0.5) is 0 Å². The van der Waals surface area contributed by atoms with E-state index in [-0.39, 0.29) is 0 Å². The highest BCUT2D eigenvalue weighted by molar-refractivity contribution is 4.81. The molecule has 0 spiro atoms. The molecule has 2 unspecified atom stereocenters. The highest BCUT2D eigenvalue weighted by Gasteiger charge is 2.25. The average molecular weight is 229 g/mol. The summed E-state index contributed by atoms with van der Waals surface area (Å²) in [5.74, 6) is 1.39. The Labute approximate surface area is 102 Å². The topological polar surface area (TPSA) is 21.3 Å². The number of ether oxygens (including phenoxy) is 1. The van der Waals surface area contributed by atoms with E-state index >= 15 is 0 Å². The fourth-order valence-corrected chi connectivity index (χ4v) is 2.48. The van der Waals surface area contributed by atoms with Crippen molar-refractivity contribution in [2.75, 3.05) is 13.7 Å². The summed E-state index contributed by atoms with van der Waals surface area (Å²) in [4.78, 5) is 0. The lowest BCUT2D eigenvalue weighted by Crippen LogP contribution is -2.44. The van der Waals surface area contributed by atoms with Gasteiger partial charge >= 0.3 is 0 Å². The van der Waals surface area contributed by atoms with Crippen LogP contribution in [0, 0.1) is 11.8 Å². The third-order valence-corrected chi connectivity index (χ3v) is 3.53. The van der Waals surface area contributed by atoms with E-state index in [4.69, 9.17) is 4.74 Å². The zero-order valence-corrected chi connectivity index (χ0v) is 12.0. The first-order valence-electron chi connectivity index (χ1n) is 6.86. The van der Waals surface area contributed by atoms with Gasteiger partial charge in [-0.25, -0.2) is 0 Å². The Hall–Kier alpha value is -0.0800. The third-order valence-electron chi connectivity index (χ3n) is 3.53. The SMILES string of the molecule is CCNC(CC(CC)CC)C(OC)C(C)C. The highest BCUT2D eigenvalue weighted by Crippen LogP contribution is 2.21. The Morgan fingerprint density at radius 3 is 1.94 bits per heavy atom. The second kappa shape index (κ2) is 9.00. The largest absolute Gasteiger partial charge is 0.380 e. The standard InChI is InChI=1S/C14H31NO/c1-7-12(8-2)10-13(15-9-3)14(16-6)11(4)5/h11-15H,7-10H2,1-6H3. The number of rotatable bonds is 9. The van der Waals surface area contributed by atoms with Crippen molar-refractivity contribution in [2.24, 2.45) is 11.8 Å². The molecule has 0 bridgehead atoms. The minimum absolute atomic E-state index is 0.334. The number of hydrogen-bond donors (Lipinski definition) is 1. The van der Waals surface area contributed by atoms with Crippen LogP contribution in [0.2, 0.25) is 0 Å². The van der Waals surface area contributed by atoms with E-state index in [1.807, 2.05) is 7.11 Å². The molecule has 1 N–H and O–H groups in total. The van der Waals surface area contributed by atoms with Crippen LogP contribution in [-0.4, -0.2) is 25.8 Å². The van der Waals surface area contributed by atoms with Crippen molar-refractivity contribution in [3.8, 4) is 0 Å². The molecule has 0 aromatic rings. The van der Waals surface area contributed by atoms with Crippen molar-refractivity contribution in [2.45, 2.75) is 66.0 Å². The Morgan fingerprint density at radius 1 is 1.06 bits per heavy atom. The highest BCUT2D eigenvalue weighted by atomic mass is 16.5. The molecule has 0 aliphatic rings. The first-order chi connectivity index (χ1) is 7.60. The summed E-state index contributed by atoms with van der Waals surface area (Å²) in [6.45, 7) is 12.3. The molecular formula is C14H31NO. The van der Waals surface area contributed by atoms with Crippen LogP contribution in [-0.2, 0) is 4.74 Å². The summed E-state index contributed by atoms with van der Waals surface area (Å²) in [5, 5.41) is 3.59. The summed E-state index contributed by atoms with van der Waals surface area (Å²) in [6.07, 6.45) is 4.11. The van der Waals surface area contributed by atoms with E-state index in [2.05, 4.69) is 39.9 Å². The maximum absolute atomic E-state index is 5.65. The summed E-state index contributed by atoms with van der Waals surface area (Å²) in [7, 11) is 1.84. The normalized spacial score (nSPS) is 15.8. The molecule has 0 heterocycles. The van der Waals surface area contributed by atoms with Gasteiger partial charge in [-0.3, -0.25) is 0 Å². The smallest absolute Gasteiger partial charge is 0.0747 e. The molecule has 0 saturated carbocycles.